The molecule has 1 aromatic rings. The summed E-state index contributed by atoms with van der Waals surface area (Å²) in [5, 5.41) is 0. The van der Waals surface area contributed by atoms with Crippen molar-refractivity contribution in [3.8, 4) is 5.75 Å². The van der Waals surface area contributed by atoms with Crippen molar-refractivity contribution in [2.24, 2.45) is 11.7 Å². The molecule has 0 aromatic heterocycles. The van der Waals surface area contributed by atoms with Gasteiger partial charge in [0.25, 0.3) is 0 Å². The molecule has 1 saturated heterocycles. The highest BCUT2D eigenvalue weighted by atomic mass is 16.5. The molecule has 0 aliphatic carbocycles. The largest absolute Gasteiger partial charge is 0.494 e. The molecule has 1 fully saturated rings. The van der Waals surface area contributed by atoms with Crippen LogP contribution in [0.1, 0.15) is 38.3 Å². The molecule has 0 saturated carbocycles. The number of likely N-dealkylation sites (tertiary alicyclic amines) is 1. The van der Waals surface area contributed by atoms with E-state index in [0.717, 1.165) is 24.8 Å². The van der Waals surface area contributed by atoms with Crippen LogP contribution in [0.3, 0.4) is 0 Å². The number of hydrogen-bond acceptors (Lipinski definition) is 3. The van der Waals surface area contributed by atoms with Crippen LogP contribution in [0.4, 0.5) is 0 Å². The van der Waals surface area contributed by atoms with Crippen molar-refractivity contribution in [3.63, 3.8) is 0 Å². The second-order valence-corrected chi connectivity index (χ2v) is 5.47. The Morgan fingerprint density at radius 2 is 1.89 bits per heavy atom. The van der Waals surface area contributed by atoms with Crippen LogP contribution in [0, 0.1) is 5.92 Å². The van der Waals surface area contributed by atoms with Gasteiger partial charge in [-0.1, -0.05) is 19.1 Å². The molecule has 0 bridgehead atoms. The van der Waals surface area contributed by atoms with Crippen molar-refractivity contribution in [1.29, 1.82) is 0 Å². The van der Waals surface area contributed by atoms with Crippen molar-refractivity contribution >= 4 is 0 Å². The van der Waals surface area contributed by atoms with E-state index < -0.39 is 0 Å². The normalized spacial score (nSPS) is 19.3. The number of rotatable bonds is 5. The molecule has 0 spiro atoms. The monoisotopic (exact) mass is 262 g/mol. The second-order valence-electron chi connectivity index (χ2n) is 5.47. The van der Waals surface area contributed by atoms with E-state index in [-0.39, 0.29) is 0 Å². The summed E-state index contributed by atoms with van der Waals surface area (Å²) in [4.78, 5) is 2.52. The molecule has 0 radical (unpaired) electrons. The van der Waals surface area contributed by atoms with E-state index in [1.807, 2.05) is 19.1 Å². The molecule has 2 rings (SSSR count). The highest BCUT2D eigenvalue weighted by molar-refractivity contribution is 5.29. The van der Waals surface area contributed by atoms with Crippen LogP contribution in [0.2, 0.25) is 0 Å². The van der Waals surface area contributed by atoms with E-state index in [1.54, 1.807) is 0 Å². The maximum absolute atomic E-state index is 5.99. The summed E-state index contributed by atoms with van der Waals surface area (Å²) in [7, 11) is 0. The third kappa shape index (κ3) is 3.71. The minimum Gasteiger partial charge on any atom is -0.494 e. The van der Waals surface area contributed by atoms with Gasteiger partial charge in [0.1, 0.15) is 5.75 Å². The molecule has 3 heteroatoms. The van der Waals surface area contributed by atoms with Crippen LogP contribution in [0.25, 0.3) is 0 Å². The average Bonchev–Trinajstić information content (AvgIpc) is 2.44. The maximum Gasteiger partial charge on any atom is 0.119 e. The molecule has 0 amide bonds. The molecular weight excluding hydrogens is 236 g/mol. The van der Waals surface area contributed by atoms with Crippen molar-refractivity contribution in [2.75, 3.05) is 26.2 Å². The zero-order valence-corrected chi connectivity index (χ0v) is 12.1. The Labute approximate surface area is 116 Å². The van der Waals surface area contributed by atoms with Gasteiger partial charge in [-0.15, -0.1) is 0 Å². The number of nitrogens with two attached hydrogens (primary N) is 1. The van der Waals surface area contributed by atoms with E-state index >= 15 is 0 Å². The van der Waals surface area contributed by atoms with Crippen LogP contribution in [0.15, 0.2) is 24.3 Å². The highest BCUT2D eigenvalue weighted by Gasteiger charge is 2.23. The van der Waals surface area contributed by atoms with Crippen LogP contribution in [0.5, 0.6) is 5.75 Å². The molecular formula is C16H26N2O. The fourth-order valence-corrected chi connectivity index (χ4v) is 2.79. The molecule has 1 aliphatic heterocycles. The summed E-state index contributed by atoms with van der Waals surface area (Å²) in [5.41, 5.74) is 7.30. The van der Waals surface area contributed by atoms with Gasteiger partial charge in [-0.2, -0.15) is 0 Å². The number of piperidine rings is 1. The standard InChI is InChI=1S/C16H26N2O/c1-3-19-15-6-4-14(5-7-15)16(12-17)18-10-8-13(2)9-11-18/h4-7,13,16H,3,8-12,17H2,1-2H3/t16-/m1/s1. The molecule has 1 aliphatic rings. The van der Waals surface area contributed by atoms with Crippen LogP contribution < -0.4 is 10.5 Å². The number of ether oxygens (including phenoxy) is 1. The van der Waals surface area contributed by atoms with Crippen molar-refractivity contribution in [1.82, 2.24) is 4.90 Å². The predicted molar refractivity (Wildman–Crippen MR) is 79.4 cm³/mol. The van der Waals surface area contributed by atoms with E-state index in [9.17, 15) is 0 Å². The Morgan fingerprint density at radius 3 is 2.42 bits per heavy atom. The van der Waals surface area contributed by atoms with Gasteiger partial charge in [0, 0.05) is 12.6 Å². The Hall–Kier alpha value is -1.06. The summed E-state index contributed by atoms with van der Waals surface area (Å²) in [6, 6.07) is 8.76. The van der Waals surface area contributed by atoms with Gasteiger partial charge in [0.2, 0.25) is 0 Å². The van der Waals surface area contributed by atoms with Gasteiger partial charge < -0.3 is 10.5 Å². The zero-order valence-electron chi connectivity index (χ0n) is 12.1. The van der Waals surface area contributed by atoms with E-state index in [1.165, 1.54) is 18.4 Å². The fraction of sp³-hybridized carbons (Fsp3) is 0.625. The highest BCUT2D eigenvalue weighted by Crippen LogP contribution is 2.27. The Morgan fingerprint density at radius 1 is 1.26 bits per heavy atom. The number of benzene rings is 1. The SMILES string of the molecule is CCOc1ccc([C@@H](CN)N2CCC(C)CC2)cc1. The van der Waals surface area contributed by atoms with Gasteiger partial charge in [0.05, 0.1) is 6.61 Å². The lowest BCUT2D eigenvalue weighted by Gasteiger charge is -2.36. The lowest BCUT2D eigenvalue weighted by atomic mass is 9.96. The Balaban J connectivity index is 2.04. The van der Waals surface area contributed by atoms with Gasteiger partial charge in [-0.25, -0.2) is 0 Å². The van der Waals surface area contributed by atoms with Crippen molar-refractivity contribution in [2.45, 2.75) is 32.7 Å². The molecule has 0 unspecified atom stereocenters. The predicted octanol–water partition coefficient (Wildman–Crippen LogP) is 2.82. The van der Waals surface area contributed by atoms with E-state index in [2.05, 4.69) is 24.0 Å². The Kier molecular flexibility index (Phi) is 5.23. The summed E-state index contributed by atoms with van der Waals surface area (Å²) in [6.45, 7) is 8.07. The summed E-state index contributed by atoms with van der Waals surface area (Å²) < 4.78 is 5.49. The number of nitrogens with zero attached hydrogens (tertiary/aromatic N) is 1. The first kappa shape index (κ1) is 14.4. The van der Waals surface area contributed by atoms with Gasteiger partial charge in [-0.05, 0) is 56.5 Å². The molecule has 106 valence electrons. The first-order valence-electron chi connectivity index (χ1n) is 7.41. The minimum atomic E-state index is 0.350. The first-order valence-corrected chi connectivity index (χ1v) is 7.41. The summed E-state index contributed by atoms with van der Waals surface area (Å²) in [5.74, 6) is 1.80. The molecule has 2 N–H and O–H groups in total. The Bertz CT molecular complexity index is 369. The van der Waals surface area contributed by atoms with Crippen molar-refractivity contribution < 1.29 is 4.74 Å². The van der Waals surface area contributed by atoms with Crippen LogP contribution in [-0.4, -0.2) is 31.1 Å². The van der Waals surface area contributed by atoms with Crippen LogP contribution >= 0.6 is 0 Å². The maximum atomic E-state index is 5.99. The third-order valence-electron chi connectivity index (χ3n) is 4.06. The lowest BCUT2D eigenvalue weighted by molar-refractivity contribution is 0.141. The smallest absolute Gasteiger partial charge is 0.119 e. The zero-order chi connectivity index (χ0) is 13.7. The van der Waals surface area contributed by atoms with Gasteiger partial charge in [0.15, 0.2) is 0 Å². The molecule has 1 heterocycles. The minimum absolute atomic E-state index is 0.350. The molecule has 3 nitrogen and oxygen atoms in total. The number of hydrogen-bond donors (Lipinski definition) is 1. The third-order valence-corrected chi connectivity index (χ3v) is 4.06. The van der Waals surface area contributed by atoms with Gasteiger partial charge >= 0.3 is 0 Å². The average molecular weight is 262 g/mol. The molecule has 19 heavy (non-hydrogen) atoms. The van der Waals surface area contributed by atoms with E-state index in [4.69, 9.17) is 10.5 Å². The van der Waals surface area contributed by atoms with Gasteiger partial charge in [-0.3, -0.25) is 4.90 Å². The lowest BCUT2D eigenvalue weighted by Crippen LogP contribution is -2.39. The quantitative estimate of drug-likeness (QED) is 0.887. The molecule has 1 atom stereocenters. The molecule has 1 aromatic carbocycles. The topological polar surface area (TPSA) is 38.5 Å². The van der Waals surface area contributed by atoms with E-state index in [0.29, 0.717) is 19.2 Å². The fourth-order valence-electron chi connectivity index (χ4n) is 2.79. The first-order chi connectivity index (χ1) is 9.24. The summed E-state index contributed by atoms with van der Waals surface area (Å²) in [6.07, 6.45) is 2.57. The second kappa shape index (κ2) is 6.92. The summed E-state index contributed by atoms with van der Waals surface area (Å²) >= 11 is 0. The van der Waals surface area contributed by atoms with Crippen molar-refractivity contribution in [3.05, 3.63) is 29.8 Å². The van der Waals surface area contributed by atoms with Crippen LogP contribution in [-0.2, 0) is 0 Å².